The maximum atomic E-state index is 12.9. The van der Waals surface area contributed by atoms with Crippen LogP contribution < -0.4 is 10.0 Å². The van der Waals surface area contributed by atoms with Crippen LogP contribution in [-0.2, 0) is 14.8 Å². The monoisotopic (exact) mass is 444 g/mol. The van der Waals surface area contributed by atoms with E-state index in [2.05, 4.69) is 20.0 Å². The number of pyridine rings is 1. The summed E-state index contributed by atoms with van der Waals surface area (Å²) in [5.74, 6) is -0.330. The lowest BCUT2D eigenvalue weighted by Gasteiger charge is -2.19. The molecular weight excluding hydrogens is 420 g/mol. The van der Waals surface area contributed by atoms with Crippen molar-refractivity contribution in [3.05, 3.63) is 59.6 Å². The number of hydrogen-bond donors (Lipinski definition) is 2. The molecule has 1 unspecified atom stereocenters. The SMILES string of the molecule is Cc1ccc(S(=O)(=O)NC(CC(C)C)C(=O)Nc2nc(-c3ccccn3)cs2)cc1. The van der Waals surface area contributed by atoms with Crippen LogP contribution in [0.4, 0.5) is 5.13 Å². The number of carbonyl (C=O) groups excluding carboxylic acids is 1. The standard InChI is InChI=1S/C21H24N4O3S2/c1-14(2)12-18(25-30(27,28)16-9-7-15(3)8-10-16)20(26)24-21-23-19(13-29-21)17-6-4-5-11-22-17/h4-11,13-14,18,25H,12H2,1-3H3,(H,23,24,26). The molecule has 0 radical (unpaired) electrons. The van der Waals surface area contributed by atoms with E-state index in [0.29, 0.717) is 22.9 Å². The summed E-state index contributed by atoms with van der Waals surface area (Å²) < 4.78 is 28.1. The quantitative estimate of drug-likeness (QED) is 0.550. The first-order chi connectivity index (χ1) is 14.2. The molecule has 2 N–H and O–H groups in total. The highest BCUT2D eigenvalue weighted by molar-refractivity contribution is 7.89. The Morgan fingerprint density at radius 3 is 2.47 bits per heavy atom. The lowest BCUT2D eigenvalue weighted by atomic mass is 10.0. The number of aryl methyl sites for hydroxylation is 1. The van der Waals surface area contributed by atoms with Crippen molar-refractivity contribution in [2.24, 2.45) is 5.92 Å². The lowest BCUT2D eigenvalue weighted by molar-refractivity contribution is -0.118. The molecule has 0 saturated heterocycles. The minimum atomic E-state index is -3.83. The largest absolute Gasteiger partial charge is 0.301 e. The maximum absolute atomic E-state index is 12.9. The van der Waals surface area contributed by atoms with Crippen molar-refractivity contribution in [2.45, 2.75) is 38.1 Å². The summed E-state index contributed by atoms with van der Waals surface area (Å²) in [6.07, 6.45) is 2.03. The van der Waals surface area contributed by atoms with Gasteiger partial charge in [-0.15, -0.1) is 11.3 Å². The molecule has 9 heteroatoms. The van der Waals surface area contributed by atoms with Gasteiger partial charge in [0.25, 0.3) is 0 Å². The highest BCUT2D eigenvalue weighted by Crippen LogP contribution is 2.23. The molecule has 1 aromatic carbocycles. The number of anilines is 1. The van der Waals surface area contributed by atoms with Crippen LogP contribution in [0.2, 0.25) is 0 Å². The number of amides is 1. The van der Waals surface area contributed by atoms with Gasteiger partial charge in [0.1, 0.15) is 11.7 Å². The van der Waals surface area contributed by atoms with Crippen LogP contribution in [0.1, 0.15) is 25.8 Å². The summed E-state index contributed by atoms with van der Waals surface area (Å²) in [6.45, 7) is 5.75. The number of hydrogen-bond acceptors (Lipinski definition) is 6. The number of sulfonamides is 1. The van der Waals surface area contributed by atoms with Crippen molar-refractivity contribution in [3.63, 3.8) is 0 Å². The van der Waals surface area contributed by atoms with Gasteiger partial charge in [0.15, 0.2) is 5.13 Å². The van der Waals surface area contributed by atoms with E-state index in [4.69, 9.17) is 0 Å². The summed E-state index contributed by atoms with van der Waals surface area (Å²) in [5, 5.41) is 4.92. The molecule has 0 saturated carbocycles. The Labute approximate surface area is 180 Å². The molecule has 2 aromatic heterocycles. The molecule has 1 atom stereocenters. The predicted octanol–water partition coefficient (Wildman–Crippen LogP) is 3.85. The van der Waals surface area contributed by atoms with E-state index in [1.165, 1.54) is 23.5 Å². The van der Waals surface area contributed by atoms with Crippen LogP contribution in [0, 0.1) is 12.8 Å². The van der Waals surface area contributed by atoms with Crippen molar-refractivity contribution < 1.29 is 13.2 Å². The van der Waals surface area contributed by atoms with Crippen molar-refractivity contribution in [2.75, 3.05) is 5.32 Å². The van der Waals surface area contributed by atoms with Gasteiger partial charge in [0.2, 0.25) is 15.9 Å². The second-order valence-electron chi connectivity index (χ2n) is 7.36. The van der Waals surface area contributed by atoms with Crippen LogP contribution in [0.25, 0.3) is 11.4 Å². The number of thiazole rings is 1. The molecule has 0 aliphatic rings. The second kappa shape index (κ2) is 9.46. The molecule has 0 bridgehead atoms. The van der Waals surface area contributed by atoms with E-state index in [1.807, 2.05) is 39.0 Å². The highest BCUT2D eigenvalue weighted by atomic mass is 32.2. The molecule has 0 fully saturated rings. The number of rotatable bonds is 8. The zero-order chi connectivity index (χ0) is 21.7. The Morgan fingerprint density at radius 1 is 1.10 bits per heavy atom. The molecule has 3 aromatic rings. The maximum Gasteiger partial charge on any atom is 0.244 e. The van der Waals surface area contributed by atoms with Gasteiger partial charge >= 0.3 is 0 Å². The number of nitrogens with one attached hydrogen (secondary N) is 2. The average molecular weight is 445 g/mol. The molecule has 2 heterocycles. The number of nitrogens with zero attached hydrogens (tertiary/aromatic N) is 2. The van der Waals surface area contributed by atoms with Gasteiger partial charge in [-0.2, -0.15) is 4.72 Å². The Kier molecular flexibility index (Phi) is 6.96. The van der Waals surface area contributed by atoms with Gasteiger partial charge < -0.3 is 5.32 Å². The minimum absolute atomic E-state index is 0.113. The van der Waals surface area contributed by atoms with E-state index in [0.717, 1.165) is 5.56 Å². The first-order valence-corrected chi connectivity index (χ1v) is 11.9. The van der Waals surface area contributed by atoms with E-state index in [-0.39, 0.29) is 10.8 Å². The van der Waals surface area contributed by atoms with Crippen molar-refractivity contribution in [1.82, 2.24) is 14.7 Å². The van der Waals surface area contributed by atoms with Crippen LogP contribution in [0.3, 0.4) is 0 Å². The number of carbonyl (C=O) groups is 1. The van der Waals surface area contributed by atoms with Gasteiger partial charge in [-0.3, -0.25) is 9.78 Å². The molecule has 0 aliphatic heterocycles. The van der Waals surface area contributed by atoms with E-state index in [1.54, 1.807) is 23.7 Å². The van der Waals surface area contributed by atoms with Crippen LogP contribution in [-0.4, -0.2) is 30.3 Å². The topological polar surface area (TPSA) is 101 Å². The summed E-state index contributed by atoms with van der Waals surface area (Å²) in [4.78, 5) is 21.6. The summed E-state index contributed by atoms with van der Waals surface area (Å²) in [5.41, 5.74) is 2.31. The molecule has 3 rings (SSSR count). The zero-order valence-corrected chi connectivity index (χ0v) is 18.6. The normalized spacial score (nSPS) is 12.7. The van der Waals surface area contributed by atoms with Crippen LogP contribution >= 0.6 is 11.3 Å². The molecule has 1 amide bonds. The van der Waals surface area contributed by atoms with E-state index in [9.17, 15) is 13.2 Å². The average Bonchev–Trinajstić information content (AvgIpc) is 3.16. The Bertz CT molecular complexity index is 1090. The van der Waals surface area contributed by atoms with Crippen LogP contribution in [0.15, 0.2) is 58.9 Å². The third-order valence-corrected chi connectivity index (χ3v) is 6.56. The zero-order valence-electron chi connectivity index (χ0n) is 17.0. The molecule has 7 nitrogen and oxygen atoms in total. The fourth-order valence-corrected chi connectivity index (χ4v) is 4.72. The van der Waals surface area contributed by atoms with Gasteiger partial charge in [0, 0.05) is 11.6 Å². The lowest BCUT2D eigenvalue weighted by Crippen LogP contribution is -2.44. The molecule has 158 valence electrons. The fourth-order valence-electron chi connectivity index (χ4n) is 2.81. The second-order valence-corrected chi connectivity index (χ2v) is 9.93. The van der Waals surface area contributed by atoms with Crippen molar-refractivity contribution >= 4 is 32.4 Å². The van der Waals surface area contributed by atoms with Gasteiger partial charge in [-0.1, -0.05) is 37.6 Å². The summed E-state index contributed by atoms with van der Waals surface area (Å²) in [6, 6.07) is 11.1. The van der Waals surface area contributed by atoms with E-state index >= 15 is 0 Å². The Balaban J connectivity index is 1.76. The Hall–Kier alpha value is -2.62. The molecule has 30 heavy (non-hydrogen) atoms. The fraction of sp³-hybridized carbons (Fsp3) is 0.286. The first kappa shape index (κ1) is 22.1. The first-order valence-electron chi connectivity index (χ1n) is 9.51. The highest BCUT2D eigenvalue weighted by Gasteiger charge is 2.27. The van der Waals surface area contributed by atoms with Gasteiger partial charge in [-0.05, 0) is 43.5 Å². The van der Waals surface area contributed by atoms with Gasteiger partial charge in [-0.25, -0.2) is 13.4 Å². The van der Waals surface area contributed by atoms with Crippen molar-refractivity contribution in [3.8, 4) is 11.4 Å². The molecule has 0 spiro atoms. The van der Waals surface area contributed by atoms with Crippen LogP contribution in [0.5, 0.6) is 0 Å². The third kappa shape index (κ3) is 5.71. The number of benzene rings is 1. The predicted molar refractivity (Wildman–Crippen MR) is 119 cm³/mol. The smallest absolute Gasteiger partial charge is 0.244 e. The summed E-state index contributed by atoms with van der Waals surface area (Å²) in [7, 11) is -3.83. The third-order valence-electron chi connectivity index (χ3n) is 4.31. The minimum Gasteiger partial charge on any atom is -0.301 e. The summed E-state index contributed by atoms with van der Waals surface area (Å²) >= 11 is 1.26. The van der Waals surface area contributed by atoms with E-state index < -0.39 is 22.0 Å². The van der Waals surface area contributed by atoms with Crippen molar-refractivity contribution in [1.29, 1.82) is 0 Å². The Morgan fingerprint density at radius 2 is 1.83 bits per heavy atom. The number of aromatic nitrogens is 2. The molecule has 0 aliphatic carbocycles. The van der Waals surface area contributed by atoms with Gasteiger partial charge in [0.05, 0.1) is 10.6 Å². The molecular formula is C21H24N4O3S2.